The molecule has 0 amide bonds. The lowest BCUT2D eigenvalue weighted by Crippen LogP contribution is -2.46. The lowest BCUT2D eigenvalue weighted by molar-refractivity contribution is 0.0692. The lowest BCUT2D eigenvalue weighted by atomic mass is 9.77. The molecular formula is C17H29N3. The summed E-state index contributed by atoms with van der Waals surface area (Å²) in [5, 5.41) is 0. The Morgan fingerprint density at radius 3 is 2.55 bits per heavy atom. The van der Waals surface area contributed by atoms with Gasteiger partial charge in [0.25, 0.3) is 0 Å². The van der Waals surface area contributed by atoms with Gasteiger partial charge in [-0.3, -0.25) is 9.88 Å². The van der Waals surface area contributed by atoms with E-state index >= 15 is 0 Å². The largest absolute Gasteiger partial charge is 0.326 e. The molecule has 1 saturated heterocycles. The van der Waals surface area contributed by atoms with Crippen molar-refractivity contribution in [2.75, 3.05) is 13.1 Å². The van der Waals surface area contributed by atoms with Crippen molar-refractivity contribution >= 4 is 0 Å². The fraction of sp³-hybridized carbons (Fsp3) is 0.706. The molecule has 1 aromatic heterocycles. The van der Waals surface area contributed by atoms with Gasteiger partial charge in [0.15, 0.2) is 0 Å². The second kappa shape index (κ2) is 6.68. The quantitative estimate of drug-likeness (QED) is 0.896. The van der Waals surface area contributed by atoms with Crippen molar-refractivity contribution in [3.63, 3.8) is 0 Å². The van der Waals surface area contributed by atoms with Crippen LogP contribution in [0.25, 0.3) is 0 Å². The molecule has 0 aliphatic carbocycles. The highest BCUT2D eigenvalue weighted by Gasteiger charge is 2.33. The average Bonchev–Trinajstić information content (AvgIpc) is 2.50. The predicted octanol–water partition coefficient (Wildman–Crippen LogP) is 3.37. The van der Waals surface area contributed by atoms with E-state index in [-0.39, 0.29) is 6.04 Å². The van der Waals surface area contributed by atoms with Crippen LogP contribution in [-0.2, 0) is 0 Å². The van der Waals surface area contributed by atoms with Crippen molar-refractivity contribution in [1.29, 1.82) is 0 Å². The van der Waals surface area contributed by atoms with Gasteiger partial charge >= 0.3 is 0 Å². The van der Waals surface area contributed by atoms with E-state index < -0.39 is 0 Å². The third-order valence-corrected chi connectivity index (χ3v) is 5.15. The fourth-order valence-corrected chi connectivity index (χ4v) is 3.20. The van der Waals surface area contributed by atoms with Crippen LogP contribution in [0.4, 0.5) is 0 Å². The Morgan fingerprint density at radius 2 is 2.05 bits per heavy atom. The van der Waals surface area contributed by atoms with Crippen molar-refractivity contribution < 1.29 is 0 Å². The summed E-state index contributed by atoms with van der Waals surface area (Å²) in [6, 6.07) is 4.69. The van der Waals surface area contributed by atoms with E-state index in [0.29, 0.717) is 11.5 Å². The zero-order valence-electron chi connectivity index (χ0n) is 13.2. The highest BCUT2D eigenvalue weighted by Crippen LogP contribution is 2.37. The minimum Gasteiger partial charge on any atom is -0.326 e. The Kier molecular flexibility index (Phi) is 5.17. The molecule has 3 nitrogen and oxygen atoms in total. The molecule has 1 aliphatic heterocycles. The van der Waals surface area contributed by atoms with E-state index in [1.165, 1.54) is 24.8 Å². The molecule has 0 bridgehead atoms. The number of pyridine rings is 1. The molecule has 1 aliphatic rings. The van der Waals surface area contributed by atoms with Crippen LogP contribution in [0.5, 0.6) is 0 Å². The minimum absolute atomic E-state index is 0.185. The molecule has 0 radical (unpaired) electrons. The zero-order chi connectivity index (χ0) is 14.6. The van der Waals surface area contributed by atoms with Crippen molar-refractivity contribution in [3.05, 3.63) is 30.1 Å². The maximum Gasteiger partial charge on any atom is 0.0514 e. The van der Waals surface area contributed by atoms with E-state index in [0.717, 1.165) is 19.5 Å². The van der Waals surface area contributed by atoms with Gasteiger partial charge in [0, 0.05) is 18.4 Å². The zero-order valence-corrected chi connectivity index (χ0v) is 13.2. The van der Waals surface area contributed by atoms with Crippen LogP contribution in [0.1, 0.15) is 58.1 Å². The first-order valence-corrected chi connectivity index (χ1v) is 7.99. The van der Waals surface area contributed by atoms with Crippen LogP contribution in [0, 0.1) is 5.41 Å². The van der Waals surface area contributed by atoms with Crippen LogP contribution in [0.2, 0.25) is 0 Å². The minimum atomic E-state index is 0.185. The van der Waals surface area contributed by atoms with Gasteiger partial charge in [-0.05, 0) is 49.4 Å². The predicted molar refractivity (Wildman–Crippen MR) is 84.4 cm³/mol. The standard InChI is InChI=1S/C17H29N3/c1-4-15(18)16(14-7-6-10-19-13-14)20-11-8-17(3,5-2)9-12-20/h6-7,10,13,15-16H,4-5,8-9,11-12,18H2,1-3H3. The van der Waals surface area contributed by atoms with Crippen molar-refractivity contribution in [3.8, 4) is 0 Å². The summed E-state index contributed by atoms with van der Waals surface area (Å²) >= 11 is 0. The molecule has 2 heterocycles. The molecule has 0 saturated carbocycles. The summed E-state index contributed by atoms with van der Waals surface area (Å²) in [5.74, 6) is 0. The van der Waals surface area contributed by atoms with E-state index in [4.69, 9.17) is 5.73 Å². The normalized spacial score (nSPS) is 22.4. The molecule has 0 spiro atoms. The number of nitrogens with zero attached hydrogens (tertiary/aromatic N) is 2. The van der Waals surface area contributed by atoms with Crippen molar-refractivity contribution in [2.45, 2.75) is 58.5 Å². The third kappa shape index (κ3) is 3.39. The molecular weight excluding hydrogens is 246 g/mol. The Balaban J connectivity index is 2.13. The lowest BCUT2D eigenvalue weighted by Gasteiger charge is -2.44. The van der Waals surface area contributed by atoms with Crippen LogP contribution in [0.3, 0.4) is 0 Å². The summed E-state index contributed by atoms with van der Waals surface area (Å²) in [7, 11) is 0. The number of likely N-dealkylation sites (tertiary alicyclic amines) is 1. The Labute approximate surface area is 123 Å². The maximum absolute atomic E-state index is 6.41. The summed E-state index contributed by atoms with van der Waals surface area (Å²) in [4.78, 5) is 6.85. The van der Waals surface area contributed by atoms with E-state index in [1.807, 2.05) is 18.5 Å². The van der Waals surface area contributed by atoms with E-state index in [9.17, 15) is 0 Å². The van der Waals surface area contributed by atoms with Crippen molar-refractivity contribution in [1.82, 2.24) is 9.88 Å². The first-order valence-electron chi connectivity index (χ1n) is 7.99. The number of hydrogen-bond donors (Lipinski definition) is 1. The first-order chi connectivity index (χ1) is 9.59. The van der Waals surface area contributed by atoms with Crippen LogP contribution >= 0.6 is 0 Å². The third-order valence-electron chi connectivity index (χ3n) is 5.15. The summed E-state index contributed by atoms with van der Waals surface area (Å²) in [6.45, 7) is 9.21. The molecule has 2 atom stereocenters. The second-order valence-corrected chi connectivity index (χ2v) is 6.50. The Morgan fingerprint density at radius 1 is 1.35 bits per heavy atom. The molecule has 0 aromatic carbocycles. The number of hydrogen-bond acceptors (Lipinski definition) is 3. The molecule has 2 unspecified atom stereocenters. The molecule has 3 heteroatoms. The Bertz CT molecular complexity index is 396. The fourth-order valence-electron chi connectivity index (χ4n) is 3.20. The summed E-state index contributed by atoms with van der Waals surface area (Å²) in [6.07, 6.45) is 8.64. The van der Waals surface area contributed by atoms with Gasteiger partial charge in [-0.2, -0.15) is 0 Å². The molecule has 1 aromatic rings. The average molecular weight is 275 g/mol. The highest BCUT2D eigenvalue weighted by atomic mass is 15.2. The van der Waals surface area contributed by atoms with Gasteiger partial charge in [-0.15, -0.1) is 0 Å². The van der Waals surface area contributed by atoms with E-state index in [1.54, 1.807) is 0 Å². The number of piperidine rings is 1. The topological polar surface area (TPSA) is 42.1 Å². The van der Waals surface area contributed by atoms with Crippen LogP contribution in [0.15, 0.2) is 24.5 Å². The monoisotopic (exact) mass is 275 g/mol. The first kappa shape index (κ1) is 15.5. The number of aromatic nitrogens is 1. The van der Waals surface area contributed by atoms with Gasteiger partial charge in [0.2, 0.25) is 0 Å². The number of nitrogens with two attached hydrogens (primary N) is 1. The second-order valence-electron chi connectivity index (χ2n) is 6.50. The SMILES string of the molecule is CCC(N)C(c1cccnc1)N1CCC(C)(CC)CC1. The van der Waals surface area contributed by atoms with E-state index in [2.05, 4.69) is 36.7 Å². The maximum atomic E-state index is 6.41. The molecule has 2 N–H and O–H groups in total. The Hall–Kier alpha value is -0.930. The van der Waals surface area contributed by atoms with Gasteiger partial charge in [-0.1, -0.05) is 33.3 Å². The molecule has 2 rings (SSSR count). The van der Waals surface area contributed by atoms with Crippen LogP contribution in [-0.4, -0.2) is 29.0 Å². The van der Waals surface area contributed by atoms with Crippen LogP contribution < -0.4 is 5.73 Å². The van der Waals surface area contributed by atoms with Gasteiger partial charge in [0.1, 0.15) is 0 Å². The summed E-state index contributed by atoms with van der Waals surface area (Å²) < 4.78 is 0. The highest BCUT2D eigenvalue weighted by molar-refractivity contribution is 5.16. The van der Waals surface area contributed by atoms with Gasteiger partial charge in [0.05, 0.1) is 6.04 Å². The number of rotatable bonds is 5. The van der Waals surface area contributed by atoms with Gasteiger partial charge in [-0.25, -0.2) is 0 Å². The molecule has 112 valence electrons. The molecule has 1 fully saturated rings. The summed E-state index contributed by atoms with van der Waals surface area (Å²) in [5.41, 5.74) is 8.20. The van der Waals surface area contributed by atoms with Gasteiger partial charge < -0.3 is 5.73 Å². The molecule has 20 heavy (non-hydrogen) atoms. The van der Waals surface area contributed by atoms with Crippen molar-refractivity contribution in [2.24, 2.45) is 11.1 Å². The smallest absolute Gasteiger partial charge is 0.0514 e.